The fourth-order valence-electron chi connectivity index (χ4n) is 5.71. The van der Waals surface area contributed by atoms with Crippen molar-refractivity contribution in [2.45, 2.75) is 200 Å². The molecule has 0 radical (unpaired) electrons. The van der Waals surface area contributed by atoms with Crippen LogP contribution in [0.2, 0.25) is 0 Å². The maximum Gasteiger partial charge on any atom is 0.130 e. The van der Waals surface area contributed by atoms with Gasteiger partial charge in [-0.05, 0) is 36.8 Å². The molecule has 0 heterocycles. The topological polar surface area (TPSA) is 23.8 Å². The third-order valence-corrected chi connectivity index (χ3v) is 9.17. The first-order valence-corrected chi connectivity index (χ1v) is 17.4. The van der Waals surface area contributed by atoms with Crippen LogP contribution in [0.3, 0.4) is 0 Å². The van der Waals surface area contributed by atoms with Crippen molar-refractivity contribution in [2.75, 3.05) is 0 Å². The second-order valence-electron chi connectivity index (χ2n) is 11.5. The molecule has 0 saturated heterocycles. The lowest BCUT2D eigenvalue weighted by Gasteiger charge is -2.39. The van der Waals surface area contributed by atoms with E-state index in [1.807, 2.05) is 0 Å². The van der Waals surface area contributed by atoms with E-state index < -0.39 is 0 Å². The molecule has 2 unspecified atom stereocenters. The van der Waals surface area contributed by atoms with Crippen LogP contribution in [0, 0.1) is 16.6 Å². The Labute approximate surface area is 237 Å². The van der Waals surface area contributed by atoms with Crippen LogP contribution in [0.5, 0.6) is 0 Å². The Morgan fingerprint density at radius 3 is 1.11 bits per heavy atom. The molecule has 3 heteroatoms. The summed E-state index contributed by atoms with van der Waals surface area (Å²) in [7, 11) is 3.49. The molecule has 0 amide bonds. The highest BCUT2D eigenvalue weighted by Gasteiger charge is 2.32. The third kappa shape index (κ3) is 25.9. The summed E-state index contributed by atoms with van der Waals surface area (Å²) >= 11 is 3.09. The van der Waals surface area contributed by atoms with Crippen molar-refractivity contribution in [1.82, 2.24) is 0 Å². The maximum atomic E-state index is 7.18. The first kappa shape index (κ1) is 38.4. The maximum absolute atomic E-state index is 7.18. The van der Waals surface area contributed by atoms with E-state index in [0.29, 0.717) is 5.16 Å². The number of hydrogen-bond acceptors (Lipinski definition) is 2. The molecule has 0 saturated carbocycles. The lowest BCUT2D eigenvalue weighted by atomic mass is 9.77. The number of thiocyanates is 1. The third-order valence-electron chi connectivity index (χ3n) is 8.12. The fraction of sp³-hybridized carbons (Fsp3) is 0.970. The molecule has 0 bridgehead atoms. The van der Waals surface area contributed by atoms with Crippen molar-refractivity contribution in [3.63, 3.8) is 0 Å². The lowest BCUT2D eigenvalue weighted by Crippen LogP contribution is -2.32. The summed E-state index contributed by atoms with van der Waals surface area (Å²) in [5.74, 6) is 0.941. The molecule has 2 atom stereocenters. The monoisotopic (exact) mass is 541 g/mol. The summed E-state index contributed by atoms with van der Waals surface area (Å²) in [5, 5.41) is 9.15. The molecule has 0 aliphatic heterocycles. The first-order valence-electron chi connectivity index (χ1n) is 16.4. The Balaban J connectivity index is 0. The minimum absolute atomic E-state index is 0.521. The van der Waals surface area contributed by atoms with Gasteiger partial charge in [-0.25, -0.2) is 0 Å². The Bertz CT molecular complexity index is 435. The van der Waals surface area contributed by atoms with Crippen molar-refractivity contribution in [3.8, 4) is 5.40 Å². The smallest absolute Gasteiger partial charge is 0.130 e. The van der Waals surface area contributed by atoms with Gasteiger partial charge < -0.3 is 0 Å². The molecule has 0 aromatic heterocycles. The molecule has 36 heavy (non-hydrogen) atoms. The summed E-state index contributed by atoms with van der Waals surface area (Å²) in [6.07, 6.45) is 37.6. The zero-order valence-electron chi connectivity index (χ0n) is 25.4. The summed E-state index contributed by atoms with van der Waals surface area (Å²) in [5.41, 5.74) is 0. The lowest BCUT2D eigenvalue weighted by molar-refractivity contribution is 0.270. The van der Waals surface area contributed by atoms with E-state index in [1.165, 1.54) is 172 Å². The zero-order chi connectivity index (χ0) is 27.2. The van der Waals surface area contributed by atoms with Crippen LogP contribution in [0.15, 0.2) is 0 Å². The number of hydrogen-bond donors (Lipinski definition) is 1. The molecule has 0 aromatic carbocycles. The summed E-state index contributed by atoms with van der Waals surface area (Å²) in [6, 6.07) is 0. The van der Waals surface area contributed by atoms with Crippen LogP contribution in [-0.2, 0) is 0 Å². The van der Waals surface area contributed by atoms with Crippen molar-refractivity contribution in [2.24, 2.45) is 5.92 Å². The largest absolute Gasteiger partial charge is 0.185 e. The Morgan fingerprint density at radius 2 is 0.778 bits per heavy atom. The van der Waals surface area contributed by atoms with Gasteiger partial charge >= 0.3 is 0 Å². The molecule has 0 spiro atoms. The number of rotatable bonds is 27. The van der Waals surface area contributed by atoms with Crippen LogP contribution in [0.25, 0.3) is 0 Å². The van der Waals surface area contributed by atoms with Gasteiger partial charge in [0.05, 0.1) is 0 Å². The minimum Gasteiger partial charge on any atom is -0.185 e. The standard InChI is InChI=1S/C32H67P.CHNS/c1-5-9-13-17-18-19-20-21-22-24-28-31(27-23-14-10-6-2)32(33,29-25-15-11-7-3)30-26-16-12-8-4;2-1-3/h31H,5-30,33H2,1-4H3;3H. The first-order chi connectivity index (χ1) is 17.6. The van der Waals surface area contributed by atoms with E-state index in [-0.39, 0.29) is 0 Å². The van der Waals surface area contributed by atoms with Gasteiger partial charge in [-0.1, -0.05) is 182 Å². The number of nitriles is 1. The fourth-order valence-corrected chi connectivity index (χ4v) is 6.45. The Morgan fingerprint density at radius 1 is 0.528 bits per heavy atom. The van der Waals surface area contributed by atoms with Crippen LogP contribution in [-0.4, -0.2) is 5.16 Å². The van der Waals surface area contributed by atoms with Crippen LogP contribution >= 0.6 is 21.9 Å². The quantitative estimate of drug-likeness (QED) is 0.0475. The predicted octanol–water partition coefficient (Wildman–Crippen LogP) is 12.8. The summed E-state index contributed by atoms with van der Waals surface area (Å²) < 4.78 is 0. The molecule has 0 aliphatic carbocycles. The molecule has 216 valence electrons. The molecule has 0 aliphatic rings. The Hall–Kier alpha value is 0.270. The van der Waals surface area contributed by atoms with Gasteiger partial charge in [0.2, 0.25) is 0 Å². The van der Waals surface area contributed by atoms with Crippen molar-refractivity contribution in [1.29, 1.82) is 5.26 Å². The minimum atomic E-state index is 0.521. The number of unbranched alkanes of at least 4 members (excludes halogenated alkanes) is 18. The van der Waals surface area contributed by atoms with Gasteiger partial charge in [-0.3, -0.25) is 0 Å². The van der Waals surface area contributed by atoms with Gasteiger partial charge in [0.15, 0.2) is 0 Å². The van der Waals surface area contributed by atoms with Gasteiger partial charge in [-0.15, -0.1) is 9.24 Å². The van der Waals surface area contributed by atoms with Crippen LogP contribution < -0.4 is 0 Å². The summed E-state index contributed by atoms with van der Waals surface area (Å²) in [6.45, 7) is 9.36. The molecular weight excluding hydrogens is 473 g/mol. The molecule has 0 aromatic rings. The van der Waals surface area contributed by atoms with E-state index in [1.54, 1.807) is 0 Å². The molecule has 0 fully saturated rings. The van der Waals surface area contributed by atoms with Crippen molar-refractivity contribution >= 4 is 21.9 Å². The number of nitrogens with zero attached hydrogens (tertiary/aromatic N) is 1. The average molecular weight is 542 g/mol. The van der Waals surface area contributed by atoms with E-state index in [9.17, 15) is 0 Å². The highest BCUT2D eigenvalue weighted by atomic mass is 32.1. The SMILES string of the molecule is CCCCCCCCCCCCC(CCCCCC)C(P)(CCCCCC)CCCCCC.N#CS. The van der Waals surface area contributed by atoms with E-state index in [4.69, 9.17) is 5.26 Å². The summed E-state index contributed by atoms with van der Waals surface area (Å²) in [4.78, 5) is 0. The van der Waals surface area contributed by atoms with E-state index in [2.05, 4.69) is 49.6 Å². The zero-order valence-corrected chi connectivity index (χ0v) is 27.5. The highest BCUT2D eigenvalue weighted by molar-refractivity contribution is 7.85. The average Bonchev–Trinajstić information content (AvgIpc) is 2.87. The second kappa shape index (κ2) is 31.5. The second-order valence-corrected chi connectivity index (χ2v) is 12.8. The van der Waals surface area contributed by atoms with Crippen molar-refractivity contribution < 1.29 is 0 Å². The van der Waals surface area contributed by atoms with Gasteiger partial charge in [0, 0.05) is 0 Å². The van der Waals surface area contributed by atoms with E-state index >= 15 is 0 Å². The van der Waals surface area contributed by atoms with Gasteiger partial charge in [-0.2, -0.15) is 5.26 Å². The van der Waals surface area contributed by atoms with Gasteiger partial charge in [0.25, 0.3) is 0 Å². The van der Waals surface area contributed by atoms with Gasteiger partial charge in [0.1, 0.15) is 5.40 Å². The number of thiol groups is 1. The molecule has 0 N–H and O–H groups in total. The van der Waals surface area contributed by atoms with Crippen LogP contribution in [0.4, 0.5) is 0 Å². The van der Waals surface area contributed by atoms with Crippen molar-refractivity contribution in [3.05, 3.63) is 0 Å². The normalized spacial score (nSPS) is 12.1. The van der Waals surface area contributed by atoms with Crippen LogP contribution in [0.1, 0.15) is 195 Å². The molecule has 0 rings (SSSR count). The van der Waals surface area contributed by atoms with E-state index in [0.717, 1.165) is 5.92 Å². The highest BCUT2D eigenvalue weighted by Crippen LogP contribution is 2.44. The Kier molecular flexibility index (Phi) is 33.6. The molecule has 1 nitrogen and oxygen atoms in total. The predicted molar refractivity (Wildman–Crippen MR) is 173 cm³/mol. The molecular formula is C33H68NPS.